The molecule has 3 N–H and O–H groups in total. The lowest BCUT2D eigenvalue weighted by Gasteiger charge is -2.15. The normalized spacial score (nSPS) is 12.4. The minimum absolute atomic E-state index is 0.0414. The van der Waals surface area contributed by atoms with Gasteiger partial charge < -0.3 is 14.8 Å². The Kier molecular flexibility index (Phi) is 4.21. The maximum absolute atomic E-state index is 12.5. The van der Waals surface area contributed by atoms with E-state index in [4.69, 9.17) is 4.74 Å². The molecule has 0 radical (unpaired) electrons. The molecule has 4 aromatic rings. The number of aromatic carboxylic acids is 1. The lowest BCUT2D eigenvalue weighted by molar-refractivity contribution is 0.0698. The van der Waals surface area contributed by atoms with Crippen LogP contribution in [-0.4, -0.2) is 33.7 Å². The highest BCUT2D eigenvalue weighted by atomic mass is 16.5. The minimum atomic E-state index is -1.15. The summed E-state index contributed by atoms with van der Waals surface area (Å²) in [4.78, 5) is 31.0. The Morgan fingerprint density at radius 2 is 1.70 bits per heavy atom. The largest absolute Gasteiger partial charge is 0.478 e. The first-order valence-electron chi connectivity index (χ1n) is 9.44. The monoisotopic (exact) mass is 399 g/mol. The molecule has 0 saturated carbocycles. The van der Waals surface area contributed by atoms with Crippen LogP contribution in [0.2, 0.25) is 0 Å². The molecule has 1 aromatic heterocycles. The first-order valence-corrected chi connectivity index (χ1v) is 9.44. The fourth-order valence-electron chi connectivity index (χ4n) is 4.01. The summed E-state index contributed by atoms with van der Waals surface area (Å²) in [5.41, 5.74) is 5.71. The maximum atomic E-state index is 12.5. The molecule has 0 saturated heterocycles. The number of imidazole rings is 1. The van der Waals surface area contributed by atoms with Crippen molar-refractivity contribution in [2.24, 2.45) is 0 Å². The van der Waals surface area contributed by atoms with Crippen molar-refractivity contribution < 1.29 is 19.4 Å². The van der Waals surface area contributed by atoms with E-state index in [1.54, 1.807) is 0 Å². The second-order valence-electron chi connectivity index (χ2n) is 7.07. The molecule has 7 heteroatoms. The van der Waals surface area contributed by atoms with Crippen molar-refractivity contribution in [1.29, 1.82) is 0 Å². The van der Waals surface area contributed by atoms with E-state index in [0.717, 1.165) is 22.3 Å². The maximum Gasteiger partial charge on any atom is 0.411 e. The molecule has 1 aliphatic rings. The van der Waals surface area contributed by atoms with Gasteiger partial charge >= 0.3 is 12.1 Å². The molecule has 0 spiro atoms. The number of nitrogens with zero attached hydrogens (tertiary/aromatic N) is 1. The van der Waals surface area contributed by atoms with Gasteiger partial charge in [0.15, 0.2) is 0 Å². The molecular weight excluding hydrogens is 382 g/mol. The van der Waals surface area contributed by atoms with E-state index >= 15 is 0 Å². The van der Waals surface area contributed by atoms with Crippen LogP contribution in [-0.2, 0) is 4.74 Å². The number of fused-ring (bicyclic) bond motifs is 4. The highest BCUT2D eigenvalue weighted by Gasteiger charge is 2.29. The van der Waals surface area contributed by atoms with Crippen molar-refractivity contribution in [2.45, 2.75) is 5.92 Å². The van der Waals surface area contributed by atoms with Crippen LogP contribution in [0.15, 0.2) is 67.0 Å². The molecule has 7 nitrogen and oxygen atoms in total. The third kappa shape index (κ3) is 2.97. The number of H-pyrrole nitrogens is 1. The van der Waals surface area contributed by atoms with E-state index in [-0.39, 0.29) is 23.8 Å². The van der Waals surface area contributed by atoms with Gasteiger partial charge in [0.2, 0.25) is 0 Å². The molecule has 3 aromatic carbocycles. The molecule has 1 heterocycles. The molecular formula is C23H17N3O4. The zero-order chi connectivity index (χ0) is 20.7. The third-order valence-electron chi connectivity index (χ3n) is 5.37. The Bertz CT molecular complexity index is 1250. The highest BCUT2D eigenvalue weighted by molar-refractivity contribution is 6.02. The Morgan fingerprint density at radius 3 is 2.37 bits per heavy atom. The van der Waals surface area contributed by atoms with E-state index in [1.165, 1.54) is 18.5 Å². The zero-order valence-corrected chi connectivity index (χ0v) is 15.8. The summed E-state index contributed by atoms with van der Waals surface area (Å²) in [6, 6.07) is 19.1. The number of carbonyl (C=O) groups is 2. The summed E-state index contributed by atoms with van der Waals surface area (Å²) in [7, 11) is 0. The average molecular weight is 399 g/mol. The van der Waals surface area contributed by atoms with Crippen LogP contribution in [0.1, 0.15) is 27.4 Å². The smallest absolute Gasteiger partial charge is 0.411 e. The van der Waals surface area contributed by atoms with Crippen molar-refractivity contribution in [3.63, 3.8) is 0 Å². The molecule has 0 unspecified atom stereocenters. The number of rotatable bonds is 4. The number of amides is 1. The average Bonchev–Trinajstić information content (AvgIpc) is 3.33. The van der Waals surface area contributed by atoms with Gasteiger partial charge in [0.1, 0.15) is 6.61 Å². The second kappa shape index (κ2) is 7.04. The molecule has 1 amide bonds. The van der Waals surface area contributed by atoms with Crippen LogP contribution in [0.3, 0.4) is 0 Å². The van der Waals surface area contributed by atoms with Crippen molar-refractivity contribution >= 4 is 28.8 Å². The first-order chi connectivity index (χ1) is 14.6. The number of hydrogen-bond acceptors (Lipinski definition) is 4. The van der Waals surface area contributed by atoms with E-state index < -0.39 is 12.1 Å². The van der Waals surface area contributed by atoms with E-state index in [9.17, 15) is 14.7 Å². The summed E-state index contributed by atoms with van der Waals surface area (Å²) >= 11 is 0. The molecule has 1 aliphatic carbocycles. The van der Waals surface area contributed by atoms with Crippen LogP contribution < -0.4 is 5.32 Å². The molecule has 30 heavy (non-hydrogen) atoms. The van der Waals surface area contributed by atoms with E-state index in [0.29, 0.717) is 11.0 Å². The van der Waals surface area contributed by atoms with Gasteiger partial charge in [0.25, 0.3) is 0 Å². The molecule has 148 valence electrons. The van der Waals surface area contributed by atoms with Crippen LogP contribution in [0.5, 0.6) is 0 Å². The molecule has 0 fully saturated rings. The van der Waals surface area contributed by atoms with Gasteiger partial charge in [-0.1, -0.05) is 48.5 Å². The number of benzene rings is 3. The predicted molar refractivity (Wildman–Crippen MR) is 112 cm³/mol. The molecule has 0 atom stereocenters. The lowest BCUT2D eigenvalue weighted by atomic mass is 9.98. The number of hydrogen-bond donors (Lipinski definition) is 3. The first kappa shape index (κ1) is 17.9. The van der Waals surface area contributed by atoms with Gasteiger partial charge in [0, 0.05) is 5.92 Å². The number of carboxylic acids is 1. The van der Waals surface area contributed by atoms with Gasteiger partial charge in [-0.2, -0.15) is 0 Å². The van der Waals surface area contributed by atoms with Crippen LogP contribution >= 0.6 is 0 Å². The van der Waals surface area contributed by atoms with Gasteiger partial charge in [-0.05, 0) is 34.4 Å². The lowest BCUT2D eigenvalue weighted by Crippen LogP contribution is -2.19. The van der Waals surface area contributed by atoms with Crippen LogP contribution in [0, 0.1) is 0 Å². The zero-order valence-electron chi connectivity index (χ0n) is 15.8. The van der Waals surface area contributed by atoms with Gasteiger partial charge in [-0.3, -0.25) is 5.32 Å². The number of carboxylic acid groups (broad SMARTS) is 1. The van der Waals surface area contributed by atoms with Crippen LogP contribution in [0.25, 0.3) is 22.2 Å². The summed E-state index contributed by atoms with van der Waals surface area (Å²) in [5, 5.41) is 12.0. The molecule has 5 rings (SSSR count). The Labute approximate surface area is 171 Å². The SMILES string of the molecule is O=C(Nc1cc2nc[nH]c2cc1C(=O)O)OCC1c2ccccc2-c2ccccc21. The molecule has 0 aliphatic heterocycles. The summed E-state index contributed by atoms with van der Waals surface area (Å²) in [6.07, 6.45) is 0.752. The summed E-state index contributed by atoms with van der Waals surface area (Å²) < 4.78 is 5.50. The number of aromatic nitrogens is 2. The molecule has 0 bridgehead atoms. The topological polar surface area (TPSA) is 104 Å². The number of aromatic amines is 1. The van der Waals surface area contributed by atoms with E-state index in [2.05, 4.69) is 27.4 Å². The fourth-order valence-corrected chi connectivity index (χ4v) is 4.01. The second-order valence-corrected chi connectivity index (χ2v) is 7.07. The quantitative estimate of drug-likeness (QED) is 0.464. The Hall–Kier alpha value is -4.13. The highest BCUT2D eigenvalue weighted by Crippen LogP contribution is 2.44. The van der Waals surface area contributed by atoms with E-state index in [1.807, 2.05) is 36.4 Å². The van der Waals surface area contributed by atoms with Crippen molar-refractivity contribution in [3.05, 3.63) is 83.7 Å². The van der Waals surface area contributed by atoms with Gasteiger partial charge in [-0.15, -0.1) is 0 Å². The van der Waals surface area contributed by atoms with Gasteiger partial charge in [0.05, 0.1) is 28.6 Å². The number of ether oxygens (including phenoxy) is 1. The minimum Gasteiger partial charge on any atom is -0.478 e. The number of anilines is 1. The third-order valence-corrected chi connectivity index (χ3v) is 5.37. The predicted octanol–water partition coefficient (Wildman–Crippen LogP) is 4.62. The van der Waals surface area contributed by atoms with Gasteiger partial charge in [-0.25, -0.2) is 14.6 Å². The summed E-state index contributed by atoms with van der Waals surface area (Å²) in [5.74, 6) is -1.23. The van der Waals surface area contributed by atoms with Crippen molar-refractivity contribution in [3.8, 4) is 11.1 Å². The number of nitrogens with one attached hydrogen (secondary N) is 2. The van der Waals surface area contributed by atoms with Crippen molar-refractivity contribution in [1.82, 2.24) is 9.97 Å². The van der Waals surface area contributed by atoms with Crippen LogP contribution in [0.4, 0.5) is 10.5 Å². The Morgan fingerprint density at radius 1 is 1.03 bits per heavy atom. The standard InChI is InChI=1S/C23H17N3O4/c27-22(28)17-9-20-21(25-12-24-20)10-19(17)26-23(29)30-11-18-15-7-3-1-5-13(15)14-6-2-4-8-16(14)18/h1-10,12,18H,11H2,(H,24,25)(H,26,29)(H,27,28). The van der Waals surface area contributed by atoms with Crippen molar-refractivity contribution in [2.75, 3.05) is 11.9 Å². The fraction of sp³-hybridized carbons (Fsp3) is 0.0870. The summed E-state index contributed by atoms with van der Waals surface area (Å²) in [6.45, 7) is 0.146. The number of carbonyl (C=O) groups excluding carboxylic acids is 1. The Balaban J connectivity index is 1.37.